The predicted molar refractivity (Wildman–Crippen MR) is 57.6 cm³/mol. The third kappa shape index (κ3) is 3.80. The van der Waals surface area contributed by atoms with Gasteiger partial charge in [0.15, 0.2) is 0 Å². The summed E-state index contributed by atoms with van der Waals surface area (Å²) < 4.78 is 10.3. The van der Waals surface area contributed by atoms with Gasteiger partial charge in [0.05, 0.1) is 19.3 Å². The molecule has 0 spiro atoms. The van der Waals surface area contributed by atoms with E-state index >= 15 is 0 Å². The van der Waals surface area contributed by atoms with E-state index in [2.05, 4.69) is 23.9 Å². The maximum absolute atomic E-state index is 11.2. The second kappa shape index (κ2) is 5.47. The summed E-state index contributed by atoms with van der Waals surface area (Å²) in [4.78, 5) is 11.2. The molecule has 0 saturated carbocycles. The molecule has 1 fully saturated rings. The van der Waals surface area contributed by atoms with Crippen LogP contribution in [0, 0.1) is 0 Å². The Labute approximate surface area is 91.3 Å². The molecule has 0 aliphatic carbocycles. The number of rotatable bonds is 3. The predicted octanol–water partition coefficient (Wildman–Crippen LogP) is 1.09. The number of methoxy groups -OCH3 is 1. The van der Waals surface area contributed by atoms with E-state index in [0.717, 1.165) is 12.8 Å². The minimum atomic E-state index is -0.238. The van der Waals surface area contributed by atoms with Crippen LogP contribution in [0.15, 0.2) is 0 Å². The van der Waals surface area contributed by atoms with Crippen molar-refractivity contribution < 1.29 is 14.3 Å². The van der Waals surface area contributed by atoms with E-state index in [4.69, 9.17) is 4.74 Å². The maximum atomic E-state index is 11.2. The minimum absolute atomic E-state index is 0.207. The molecule has 3 atom stereocenters. The molecule has 0 radical (unpaired) electrons. The summed E-state index contributed by atoms with van der Waals surface area (Å²) in [6.45, 7) is 5.96. The average molecular weight is 215 g/mol. The molecular weight excluding hydrogens is 194 g/mol. The second-order valence-corrected chi connectivity index (χ2v) is 4.34. The van der Waals surface area contributed by atoms with E-state index in [9.17, 15) is 4.79 Å². The van der Waals surface area contributed by atoms with Crippen molar-refractivity contribution in [1.29, 1.82) is 0 Å². The zero-order valence-electron chi connectivity index (χ0n) is 9.95. The van der Waals surface area contributed by atoms with Crippen LogP contribution in [0.25, 0.3) is 0 Å². The quantitative estimate of drug-likeness (QED) is 0.716. The SMILES string of the molecule is COC(=O)C(C)NC1CC(C)OC(C)C1. The highest BCUT2D eigenvalue weighted by atomic mass is 16.5. The maximum Gasteiger partial charge on any atom is 0.322 e. The summed E-state index contributed by atoms with van der Waals surface area (Å²) in [5, 5.41) is 3.28. The van der Waals surface area contributed by atoms with E-state index < -0.39 is 0 Å². The van der Waals surface area contributed by atoms with Crippen LogP contribution in [0.5, 0.6) is 0 Å². The summed E-state index contributed by atoms with van der Waals surface area (Å²) >= 11 is 0. The fourth-order valence-corrected chi connectivity index (χ4v) is 2.14. The lowest BCUT2D eigenvalue weighted by molar-refractivity contribution is -0.143. The van der Waals surface area contributed by atoms with Gasteiger partial charge in [0.1, 0.15) is 6.04 Å². The first-order chi connectivity index (χ1) is 7.02. The van der Waals surface area contributed by atoms with Gasteiger partial charge in [-0.1, -0.05) is 0 Å². The van der Waals surface area contributed by atoms with Crippen molar-refractivity contribution in [3.05, 3.63) is 0 Å². The highest BCUT2D eigenvalue weighted by molar-refractivity contribution is 5.75. The number of ether oxygens (including phenoxy) is 2. The fraction of sp³-hybridized carbons (Fsp3) is 0.909. The van der Waals surface area contributed by atoms with Gasteiger partial charge in [-0.3, -0.25) is 4.79 Å². The molecule has 0 bridgehead atoms. The lowest BCUT2D eigenvalue weighted by atomic mass is 9.99. The summed E-state index contributed by atoms with van der Waals surface area (Å²) in [5.41, 5.74) is 0. The Kier molecular flexibility index (Phi) is 4.54. The molecule has 1 N–H and O–H groups in total. The van der Waals surface area contributed by atoms with Crippen LogP contribution in [0.4, 0.5) is 0 Å². The number of hydrogen-bond donors (Lipinski definition) is 1. The lowest BCUT2D eigenvalue weighted by Crippen LogP contribution is -2.47. The number of carbonyl (C=O) groups is 1. The van der Waals surface area contributed by atoms with Crippen molar-refractivity contribution in [2.75, 3.05) is 7.11 Å². The highest BCUT2D eigenvalue weighted by Gasteiger charge is 2.26. The zero-order valence-corrected chi connectivity index (χ0v) is 9.95. The van der Waals surface area contributed by atoms with Crippen LogP contribution >= 0.6 is 0 Å². The molecule has 4 nitrogen and oxygen atoms in total. The molecule has 0 aromatic heterocycles. The van der Waals surface area contributed by atoms with Gasteiger partial charge < -0.3 is 14.8 Å². The first-order valence-corrected chi connectivity index (χ1v) is 5.52. The minimum Gasteiger partial charge on any atom is -0.468 e. The second-order valence-electron chi connectivity index (χ2n) is 4.34. The van der Waals surface area contributed by atoms with E-state index in [0.29, 0.717) is 6.04 Å². The van der Waals surface area contributed by atoms with Gasteiger partial charge in [0.2, 0.25) is 0 Å². The third-order valence-electron chi connectivity index (χ3n) is 2.74. The molecule has 0 aromatic carbocycles. The fourth-order valence-electron chi connectivity index (χ4n) is 2.14. The van der Waals surface area contributed by atoms with Crippen molar-refractivity contribution in [1.82, 2.24) is 5.32 Å². The number of carbonyl (C=O) groups excluding carboxylic acids is 1. The number of hydrogen-bond acceptors (Lipinski definition) is 4. The van der Waals surface area contributed by atoms with Crippen molar-refractivity contribution in [2.24, 2.45) is 0 Å². The Hall–Kier alpha value is -0.610. The first-order valence-electron chi connectivity index (χ1n) is 5.52. The average Bonchev–Trinajstić information content (AvgIpc) is 2.14. The van der Waals surface area contributed by atoms with Gasteiger partial charge in [-0.15, -0.1) is 0 Å². The molecular formula is C11H21NO3. The van der Waals surface area contributed by atoms with Gasteiger partial charge in [-0.05, 0) is 33.6 Å². The Morgan fingerprint density at radius 2 is 1.93 bits per heavy atom. The van der Waals surface area contributed by atoms with E-state index in [1.165, 1.54) is 7.11 Å². The van der Waals surface area contributed by atoms with Crippen LogP contribution in [0.3, 0.4) is 0 Å². The molecule has 4 heteroatoms. The van der Waals surface area contributed by atoms with Gasteiger partial charge >= 0.3 is 5.97 Å². The Balaban J connectivity index is 2.40. The monoisotopic (exact) mass is 215 g/mol. The summed E-state index contributed by atoms with van der Waals surface area (Å²) in [5.74, 6) is -0.207. The van der Waals surface area contributed by atoms with E-state index in [1.807, 2.05) is 6.92 Å². The van der Waals surface area contributed by atoms with E-state index in [-0.39, 0.29) is 24.2 Å². The van der Waals surface area contributed by atoms with Crippen LogP contribution in [0.1, 0.15) is 33.6 Å². The molecule has 1 aliphatic rings. The molecule has 0 amide bonds. The molecule has 1 heterocycles. The third-order valence-corrected chi connectivity index (χ3v) is 2.74. The summed E-state index contributed by atoms with van der Waals surface area (Å²) in [7, 11) is 1.41. The summed E-state index contributed by atoms with van der Waals surface area (Å²) in [6, 6.07) is 0.107. The van der Waals surface area contributed by atoms with Crippen molar-refractivity contribution >= 4 is 5.97 Å². The topological polar surface area (TPSA) is 47.6 Å². The highest BCUT2D eigenvalue weighted by Crippen LogP contribution is 2.19. The molecule has 1 saturated heterocycles. The normalized spacial score (nSPS) is 33.5. The van der Waals surface area contributed by atoms with Crippen molar-refractivity contribution in [3.8, 4) is 0 Å². The standard InChI is InChI=1S/C11H21NO3/c1-7-5-10(6-8(2)15-7)12-9(3)11(13)14-4/h7-10,12H,5-6H2,1-4H3. The van der Waals surface area contributed by atoms with Gasteiger partial charge in [-0.2, -0.15) is 0 Å². The molecule has 1 aliphatic heterocycles. The molecule has 1 rings (SSSR count). The molecule has 3 unspecified atom stereocenters. The largest absolute Gasteiger partial charge is 0.468 e. The number of esters is 1. The smallest absolute Gasteiger partial charge is 0.322 e. The van der Waals surface area contributed by atoms with Crippen LogP contribution in [0.2, 0.25) is 0 Å². The van der Waals surface area contributed by atoms with E-state index in [1.54, 1.807) is 0 Å². The lowest BCUT2D eigenvalue weighted by Gasteiger charge is -2.33. The van der Waals surface area contributed by atoms with Crippen molar-refractivity contribution in [2.45, 2.75) is 57.9 Å². The van der Waals surface area contributed by atoms with Gasteiger partial charge in [-0.25, -0.2) is 0 Å². The van der Waals surface area contributed by atoms with Gasteiger partial charge in [0.25, 0.3) is 0 Å². The summed E-state index contributed by atoms with van der Waals surface area (Å²) in [6.07, 6.45) is 2.42. The van der Waals surface area contributed by atoms with Crippen LogP contribution < -0.4 is 5.32 Å². The Bertz CT molecular complexity index is 210. The zero-order chi connectivity index (χ0) is 11.4. The van der Waals surface area contributed by atoms with Crippen LogP contribution in [-0.4, -0.2) is 37.4 Å². The molecule has 15 heavy (non-hydrogen) atoms. The van der Waals surface area contributed by atoms with Crippen LogP contribution in [-0.2, 0) is 14.3 Å². The number of nitrogens with one attached hydrogen (secondary N) is 1. The molecule has 88 valence electrons. The van der Waals surface area contributed by atoms with Crippen molar-refractivity contribution in [3.63, 3.8) is 0 Å². The first kappa shape index (κ1) is 12.5. The molecule has 0 aromatic rings. The Morgan fingerprint density at radius 3 is 2.40 bits per heavy atom. The Morgan fingerprint density at radius 1 is 1.40 bits per heavy atom. The van der Waals surface area contributed by atoms with Gasteiger partial charge in [0, 0.05) is 6.04 Å².